The molecule has 2 aromatic carbocycles. The fourth-order valence-electron chi connectivity index (χ4n) is 4.19. The molecule has 2 N–H and O–H groups in total. The number of hydrogen-bond donors (Lipinski definition) is 2. The molecule has 4 atom stereocenters. The quantitative estimate of drug-likeness (QED) is 0.516. The van der Waals surface area contributed by atoms with Crippen LogP contribution in [0.4, 0.5) is 20.8 Å². The van der Waals surface area contributed by atoms with E-state index < -0.39 is 18.3 Å². The SMILES string of the molecule is CC(=O)c1cccc(NC(=O)O[C@@H]2CO[C@H]3[C@@H]2OC[C@@H]3Nc2nccc(-c3cccc(F)c3)n2)c1. The number of benzene rings is 2. The predicted octanol–water partition coefficient (Wildman–Crippen LogP) is 3.68. The topological polar surface area (TPSA) is 112 Å². The number of nitrogens with zero attached hydrogens (tertiary/aromatic N) is 2. The lowest BCUT2D eigenvalue weighted by Crippen LogP contribution is -2.38. The van der Waals surface area contributed by atoms with E-state index in [0.29, 0.717) is 35.1 Å². The second-order valence-electron chi connectivity index (χ2n) is 8.33. The van der Waals surface area contributed by atoms with Crippen LogP contribution in [0.2, 0.25) is 0 Å². The van der Waals surface area contributed by atoms with Gasteiger partial charge in [0.1, 0.15) is 18.0 Å². The standard InChI is InChI=1S/C25H23FN4O5/c1-14(31)15-4-3-7-18(11-15)28-25(32)35-21-13-34-22-20(12-33-23(21)22)30-24-27-9-8-19(29-24)16-5-2-6-17(26)10-16/h2-11,20-23H,12-13H2,1H3,(H,28,32)(H,27,29,30)/t20-,21+,22+,23+/m0/s1. The monoisotopic (exact) mass is 478 g/mol. The molecule has 1 amide bonds. The van der Waals surface area contributed by atoms with E-state index in [1.807, 2.05) is 0 Å². The maximum absolute atomic E-state index is 13.6. The molecule has 0 spiro atoms. The van der Waals surface area contributed by atoms with Gasteiger partial charge in [-0.2, -0.15) is 0 Å². The number of ether oxygens (including phenoxy) is 3. The number of hydrogen-bond acceptors (Lipinski definition) is 8. The van der Waals surface area contributed by atoms with Crippen LogP contribution < -0.4 is 10.6 Å². The lowest BCUT2D eigenvalue weighted by atomic mass is 10.1. The highest BCUT2D eigenvalue weighted by atomic mass is 19.1. The third kappa shape index (κ3) is 5.13. The number of fused-ring (bicyclic) bond motifs is 1. The first-order valence-corrected chi connectivity index (χ1v) is 11.1. The Labute approximate surface area is 200 Å². The van der Waals surface area contributed by atoms with Crippen LogP contribution in [-0.2, 0) is 14.2 Å². The first kappa shape index (κ1) is 22.9. The Morgan fingerprint density at radius 1 is 1.06 bits per heavy atom. The van der Waals surface area contributed by atoms with Crippen LogP contribution in [0.3, 0.4) is 0 Å². The molecular weight excluding hydrogens is 455 g/mol. The minimum atomic E-state index is -0.661. The van der Waals surface area contributed by atoms with E-state index in [1.165, 1.54) is 19.1 Å². The van der Waals surface area contributed by atoms with E-state index in [-0.39, 0.29) is 30.4 Å². The molecule has 0 radical (unpaired) electrons. The number of Topliss-reactive ketones (excluding diaryl/α,β-unsaturated/α-hetero) is 1. The molecule has 5 rings (SSSR count). The van der Waals surface area contributed by atoms with Crippen molar-refractivity contribution >= 4 is 23.5 Å². The molecule has 10 heteroatoms. The van der Waals surface area contributed by atoms with Crippen LogP contribution in [0.25, 0.3) is 11.3 Å². The molecule has 35 heavy (non-hydrogen) atoms. The molecule has 2 aliphatic rings. The Bertz CT molecular complexity index is 1260. The van der Waals surface area contributed by atoms with Crippen molar-refractivity contribution in [3.63, 3.8) is 0 Å². The van der Waals surface area contributed by atoms with Gasteiger partial charge in [0.05, 0.1) is 24.9 Å². The summed E-state index contributed by atoms with van der Waals surface area (Å²) in [6.45, 7) is 1.95. The van der Waals surface area contributed by atoms with Crippen molar-refractivity contribution in [1.29, 1.82) is 0 Å². The van der Waals surface area contributed by atoms with Gasteiger partial charge in [0.25, 0.3) is 0 Å². The minimum absolute atomic E-state index is 0.0996. The van der Waals surface area contributed by atoms with E-state index in [1.54, 1.807) is 48.7 Å². The van der Waals surface area contributed by atoms with Crippen molar-refractivity contribution in [2.45, 2.75) is 31.3 Å². The van der Waals surface area contributed by atoms with Crippen molar-refractivity contribution < 1.29 is 28.2 Å². The molecule has 3 aromatic rings. The number of anilines is 2. The molecule has 0 unspecified atom stereocenters. The lowest BCUT2D eigenvalue weighted by Gasteiger charge is -2.18. The first-order valence-electron chi connectivity index (χ1n) is 11.1. The summed E-state index contributed by atoms with van der Waals surface area (Å²) in [4.78, 5) is 32.7. The van der Waals surface area contributed by atoms with Crippen LogP contribution in [-0.4, -0.2) is 59.4 Å². The Morgan fingerprint density at radius 3 is 2.71 bits per heavy atom. The maximum Gasteiger partial charge on any atom is 0.412 e. The smallest absolute Gasteiger partial charge is 0.412 e. The van der Waals surface area contributed by atoms with Crippen LogP contribution in [0.5, 0.6) is 0 Å². The third-order valence-corrected chi connectivity index (χ3v) is 5.87. The second-order valence-corrected chi connectivity index (χ2v) is 8.33. The van der Waals surface area contributed by atoms with Crippen molar-refractivity contribution in [2.24, 2.45) is 0 Å². The Kier molecular flexibility index (Phi) is 6.39. The van der Waals surface area contributed by atoms with Gasteiger partial charge >= 0.3 is 6.09 Å². The number of carbonyl (C=O) groups excluding carboxylic acids is 2. The van der Waals surface area contributed by atoms with E-state index in [9.17, 15) is 14.0 Å². The van der Waals surface area contributed by atoms with Gasteiger partial charge in [0.15, 0.2) is 11.9 Å². The molecule has 1 aromatic heterocycles. The van der Waals surface area contributed by atoms with Gasteiger partial charge in [-0.05, 0) is 37.3 Å². The fourth-order valence-corrected chi connectivity index (χ4v) is 4.19. The number of aromatic nitrogens is 2. The van der Waals surface area contributed by atoms with E-state index in [2.05, 4.69) is 20.6 Å². The summed E-state index contributed by atoms with van der Waals surface area (Å²) in [5.41, 5.74) is 2.17. The summed E-state index contributed by atoms with van der Waals surface area (Å²) in [6.07, 6.45) is -0.479. The average Bonchev–Trinajstić information content (AvgIpc) is 3.43. The molecule has 0 saturated carbocycles. The van der Waals surface area contributed by atoms with E-state index >= 15 is 0 Å². The number of rotatable bonds is 6. The molecule has 2 fully saturated rings. The Balaban J connectivity index is 1.19. The molecule has 9 nitrogen and oxygen atoms in total. The van der Waals surface area contributed by atoms with Crippen LogP contribution in [0.1, 0.15) is 17.3 Å². The maximum atomic E-state index is 13.6. The highest BCUT2D eigenvalue weighted by Crippen LogP contribution is 2.31. The van der Waals surface area contributed by atoms with Crippen molar-refractivity contribution in [3.05, 3.63) is 72.2 Å². The molecule has 0 aliphatic carbocycles. The van der Waals surface area contributed by atoms with Crippen LogP contribution in [0.15, 0.2) is 60.8 Å². The second kappa shape index (κ2) is 9.77. The van der Waals surface area contributed by atoms with Crippen LogP contribution in [0, 0.1) is 5.82 Å². The van der Waals surface area contributed by atoms with Gasteiger partial charge in [-0.3, -0.25) is 10.1 Å². The Morgan fingerprint density at radius 2 is 1.89 bits per heavy atom. The highest BCUT2D eigenvalue weighted by Gasteiger charge is 2.49. The van der Waals surface area contributed by atoms with Crippen LogP contribution >= 0.6 is 0 Å². The van der Waals surface area contributed by atoms with Gasteiger partial charge in [-0.25, -0.2) is 19.2 Å². The van der Waals surface area contributed by atoms with E-state index in [0.717, 1.165) is 0 Å². The first-order chi connectivity index (χ1) is 17.0. The van der Waals surface area contributed by atoms with Crippen molar-refractivity contribution in [2.75, 3.05) is 23.8 Å². The normalized spacial score (nSPS) is 22.9. The molecular formula is C25H23FN4O5. The van der Waals surface area contributed by atoms with Crippen molar-refractivity contribution in [1.82, 2.24) is 9.97 Å². The summed E-state index contributed by atoms with van der Waals surface area (Å²) in [5.74, 6) is -0.0851. The summed E-state index contributed by atoms with van der Waals surface area (Å²) in [5, 5.41) is 5.85. The minimum Gasteiger partial charge on any atom is -0.441 e. The number of halogens is 1. The predicted molar refractivity (Wildman–Crippen MR) is 125 cm³/mol. The summed E-state index contributed by atoms with van der Waals surface area (Å²) in [6, 6.07) is 14.2. The fraction of sp³-hybridized carbons (Fsp3) is 0.280. The zero-order valence-corrected chi connectivity index (χ0v) is 18.8. The lowest BCUT2D eigenvalue weighted by molar-refractivity contribution is 0.00916. The number of nitrogens with one attached hydrogen (secondary N) is 2. The van der Waals surface area contributed by atoms with Gasteiger partial charge in [0, 0.05) is 23.0 Å². The average molecular weight is 478 g/mol. The Hall–Kier alpha value is -3.89. The molecule has 2 saturated heterocycles. The highest BCUT2D eigenvalue weighted by molar-refractivity contribution is 5.96. The third-order valence-electron chi connectivity index (χ3n) is 5.87. The summed E-state index contributed by atoms with van der Waals surface area (Å²) >= 11 is 0. The molecule has 2 aliphatic heterocycles. The largest absolute Gasteiger partial charge is 0.441 e. The zero-order valence-electron chi connectivity index (χ0n) is 18.8. The number of carbonyl (C=O) groups is 2. The molecule has 3 heterocycles. The number of amides is 1. The van der Waals surface area contributed by atoms with Crippen molar-refractivity contribution in [3.8, 4) is 11.3 Å². The molecule has 0 bridgehead atoms. The van der Waals surface area contributed by atoms with Gasteiger partial charge in [0.2, 0.25) is 5.95 Å². The van der Waals surface area contributed by atoms with E-state index in [4.69, 9.17) is 14.2 Å². The van der Waals surface area contributed by atoms with Gasteiger partial charge in [-0.1, -0.05) is 24.3 Å². The summed E-state index contributed by atoms with van der Waals surface area (Å²) in [7, 11) is 0. The number of ketones is 1. The summed E-state index contributed by atoms with van der Waals surface area (Å²) < 4.78 is 30.8. The molecule has 180 valence electrons. The van der Waals surface area contributed by atoms with Gasteiger partial charge in [-0.15, -0.1) is 0 Å². The van der Waals surface area contributed by atoms with Gasteiger partial charge < -0.3 is 19.5 Å². The zero-order chi connectivity index (χ0) is 24.4.